The quantitative estimate of drug-likeness (QED) is 0.842. The molecule has 1 atom stereocenters. The number of nitrogens with two attached hydrogens (primary N) is 1. The van der Waals surface area contributed by atoms with Gasteiger partial charge in [-0.15, -0.1) is 0 Å². The minimum Gasteiger partial charge on any atom is -0.480 e. The van der Waals surface area contributed by atoms with Crippen LogP contribution in [0, 0.1) is 0 Å². The van der Waals surface area contributed by atoms with E-state index in [1.165, 1.54) is 4.90 Å². The third-order valence-electron chi connectivity index (χ3n) is 3.19. The van der Waals surface area contributed by atoms with Crippen LogP contribution in [0.25, 0.3) is 0 Å². The lowest BCUT2D eigenvalue weighted by atomic mass is 10.0. The smallest absolute Gasteiger partial charge is 0.410 e. The minimum absolute atomic E-state index is 0.0179. The summed E-state index contributed by atoms with van der Waals surface area (Å²) in [6.07, 6.45) is -0.291. The zero-order valence-corrected chi connectivity index (χ0v) is 10.4. The fraction of sp³-hybridized carbons (Fsp3) is 0.385. The average molecular weight is 264 g/mol. The zero-order chi connectivity index (χ0) is 13.9. The molecule has 1 aliphatic rings. The number of hydrogen-bond donors (Lipinski definition) is 2. The van der Waals surface area contributed by atoms with E-state index in [2.05, 4.69) is 0 Å². The number of amides is 1. The fourth-order valence-electron chi connectivity index (χ4n) is 1.97. The summed E-state index contributed by atoms with van der Waals surface area (Å²) in [5.74, 6) is -1.09. The molecule has 1 saturated heterocycles. The van der Waals surface area contributed by atoms with Gasteiger partial charge in [0.2, 0.25) is 0 Å². The van der Waals surface area contributed by atoms with Crippen LogP contribution in [0.4, 0.5) is 4.79 Å². The first-order valence-electron chi connectivity index (χ1n) is 5.99. The molecule has 19 heavy (non-hydrogen) atoms. The summed E-state index contributed by atoms with van der Waals surface area (Å²) in [6, 6.07) is 9.29. The Balaban J connectivity index is 1.87. The van der Waals surface area contributed by atoms with E-state index in [0.29, 0.717) is 6.54 Å². The van der Waals surface area contributed by atoms with Crippen LogP contribution in [-0.2, 0) is 16.1 Å². The molecule has 0 unspecified atom stereocenters. The average Bonchev–Trinajstić information content (AvgIpc) is 2.81. The maximum absolute atomic E-state index is 11.8. The Labute approximate surface area is 110 Å². The van der Waals surface area contributed by atoms with E-state index in [-0.39, 0.29) is 19.6 Å². The van der Waals surface area contributed by atoms with Crippen molar-refractivity contribution in [3.8, 4) is 0 Å². The summed E-state index contributed by atoms with van der Waals surface area (Å²) in [7, 11) is 0. The van der Waals surface area contributed by atoms with E-state index in [1.807, 2.05) is 30.3 Å². The lowest BCUT2D eigenvalue weighted by Gasteiger charge is -2.19. The molecule has 1 aliphatic heterocycles. The van der Waals surface area contributed by atoms with Gasteiger partial charge in [-0.25, -0.2) is 4.79 Å². The van der Waals surface area contributed by atoms with Crippen molar-refractivity contribution in [1.29, 1.82) is 0 Å². The molecule has 0 aliphatic carbocycles. The topological polar surface area (TPSA) is 92.9 Å². The van der Waals surface area contributed by atoms with E-state index in [4.69, 9.17) is 15.6 Å². The predicted molar refractivity (Wildman–Crippen MR) is 67.4 cm³/mol. The number of benzene rings is 1. The number of likely N-dealkylation sites (tertiary alicyclic amines) is 1. The van der Waals surface area contributed by atoms with E-state index in [9.17, 15) is 9.59 Å². The number of rotatable bonds is 3. The van der Waals surface area contributed by atoms with Gasteiger partial charge in [-0.05, 0) is 12.0 Å². The predicted octanol–water partition coefficient (Wildman–Crippen LogP) is 0.811. The second-order valence-electron chi connectivity index (χ2n) is 4.67. The van der Waals surface area contributed by atoms with Crippen molar-refractivity contribution >= 4 is 12.1 Å². The van der Waals surface area contributed by atoms with Crippen LogP contribution in [0.3, 0.4) is 0 Å². The molecule has 0 radical (unpaired) electrons. The van der Waals surface area contributed by atoms with Crippen LogP contribution >= 0.6 is 0 Å². The van der Waals surface area contributed by atoms with Gasteiger partial charge in [0, 0.05) is 6.54 Å². The fourth-order valence-corrected chi connectivity index (χ4v) is 1.97. The molecule has 102 valence electrons. The molecule has 3 N–H and O–H groups in total. The third kappa shape index (κ3) is 3.03. The molecule has 0 saturated carbocycles. The Bertz CT molecular complexity index is 477. The van der Waals surface area contributed by atoms with Crippen molar-refractivity contribution in [3.05, 3.63) is 35.9 Å². The van der Waals surface area contributed by atoms with Crippen molar-refractivity contribution in [2.45, 2.75) is 18.6 Å². The van der Waals surface area contributed by atoms with Crippen molar-refractivity contribution in [3.63, 3.8) is 0 Å². The number of aliphatic carboxylic acids is 1. The molecule has 0 spiro atoms. The van der Waals surface area contributed by atoms with Crippen LogP contribution in [0.5, 0.6) is 0 Å². The summed E-state index contributed by atoms with van der Waals surface area (Å²) in [5, 5.41) is 8.98. The van der Waals surface area contributed by atoms with Gasteiger partial charge in [0.25, 0.3) is 0 Å². The molecule has 1 fully saturated rings. The maximum Gasteiger partial charge on any atom is 0.410 e. The number of carbonyl (C=O) groups excluding carboxylic acids is 1. The number of carboxylic acids is 1. The van der Waals surface area contributed by atoms with Gasteiger partial charge >= 0.3 is 12.1 Å². The molecule has 1 aromatic rings. The molecular weight excluding hydrogens is 248 g/mol. The van der Waals surface area contributed by atoms with Crippen molar-refractivity contribution < 1.29 is 19.4 Å². The third-order valence-corrected chi connectivity index (χ3v) is 3.19. The number of ether oxygens (including phenoxy) is 1. The van der Waals surface area contributed by atoms with Gasteiger partial charge < -0.3 is 20.5 Å². The lowest BCUT2D eigenvalue weighted by molar-refractivity contribution is -0.142. The van der Waals surface area contributed by atoms with Crippen molar-refractivity contribution in [1.82, 2.24) is 4.90 Å². The number of nitrogens with zero attached hydrogens (tertiary/aromatic N) is 1. The monoisotopic (exact) mass is 264 g/mol. The highest BCUT2D eigenvalue weighted by atomic mass is 16.6. The lowest BCUT2D eigenvalue weighted by Crippen LogP contribution is -2.50. The summed E-state index contributed by atoms with van der Waals surface area (Å²) in [4.78, 5) is 24.1. The van der Waals surface area contributed by atoms with Gasteiger partial charge in [-0.3, -0.25) is 4.79 Å². The highest BCUT2D eigenvalue weighted by Crippen LogP contribution is 2.20. The number of hydrogen-bond acceptors (Lipinski definition) is 4. The molecule has 1 heterocycles. The van der Waals surface area contributed by atoms with Crippen LogP contribution in [0.15, 0.2) is 30.3 Å². The highest BCUT2D eigenvalue weighted by Gasteiger charge is 2.43. The normalized spacial score (nSPS) is 22.3. The summed E-state index contributed by atoms with van der Waals surface area (Å²) >= 11 is 0. The first kappa shape index (κ1) is 13.4. The van der Waals surface area contributed by atoms with Crippen molar-refractivity contribution in [2.24, 2.45) is 5.73 Å². The first-order valence-corrected chi connectivity index (χ1v) is 5.99. The Kier molecular flexibility index (Phi) is 3.71. The molecule has 1 amide bonds. The van der Waals surface area contributed by atoms with Crippen molar-refractivity contribution in [2.75, 3.05) is 13.1 Å². The largest absolute Gasteiger partial charge is 0.480 e. The molecule has 6 nitrogen and oxygen atoms in total. The number of carbonyl (C=O) groups is 2. The minimum atomic E-state index is -1.36. The van der Waals surface area contributed by atoms with Crippen LogP contribution in [-0.4, -0.2) is 40.7 Å². The van der Waals surface area contributed by atoms with Gasteiger partial charge in [-0.1, -0.05) is 30.3 Å². The van der Waals surface area contributed by atoms with Gasteiger partial charge in [-0.2, -0.15) is 0 Å². The van der Waals surface area contributed by atoms with E-state index in [0.717, 1.165) is 5.56 Å². The SMILES string of the molecule is N[C@]1(C(=O)O)CCN(C(=O)OCc2ccccc2)C1. The Morgan fingerprint density at radius 3 is 2.63 bits per heavy atom. The molecule has 1 aromatic carbocycles. The zero-order valence-electron chi connectivity index (χ0n) is 10.4. The molecule has 6 heteroatoms. The standard InChI is InChI=1S/C13H16N2O4/c14-13(11(16)17)6-7-15(9-13)12(18)19-8-10-4-2-1-3-5-10/h1-5H,6-9,14H2,(H,16,17)/t13-/m1/s1. The molecule has 0 aromatic heterocycles. The highest BCUT2D eigenvalue weighted by molar-refractivity contribution is 5.81. The van der Waals surface area contributed by atoms with Crippen LogP contribution < -0.4 is 5.73 Å². The summed E-state index contributed by atoms with van der Waals surface area (Å²) in [5.41, 5.74) is 5.21. The molecular formula is C13H16N2O4. The van der Waals surface area contributed by atoms with Gasteiger partial charge in [0.1, 0.15) is 12.1 Å². The second kappa shape index (κ2) is 5.27. The Morgan fingerprint density at radius 2 is 2.05 bits per heavy atom. The molecule has 2 rings (SSSR count). The first-order chi connectivity index (χ1) is 9.01. The van der Waals surface area contributed by atoms with Gasteiger partial charge in [0.15, 0.2) is 0 Å². The Morgan fingerprint density at radius 1 is 1.37 bits per heavy atom. The molecule has 0 bridgehead atoms. The summed E-state index contributed by atoms with van der Waals surface area (Å²) < 4.78 is 5.12. The Hall–Kier alpha value is -2.08. The van der Waals surface area contributed by atoms with E-state index in [1.54, 1.807) is 0 Å². The van der Waals surface area contributed by atoms with Crippen LogP contribution in [0.2, 0.25) is 0 Å². The van der Waals surface area contributed by atoms with E-state index >= 15 is 0 Å². The van der Waals surface area contributed by atoms with E-state index < -0.39 is 17.6 Å². The van der Waals surface area contributed by atoms with Gasteiger partial charge in [0.05, 0.1) is 6.54 Å². The van der Waals surface area contributed by atoms with Crippen LogP contribution in [0.1, 0.15) is 12.0 Å². The maximum atomic E-state index is 11.8. The summed E-state index contributed by atoms with van der Waals surface area (Å²) in [6.45, 7) is 0.452. The number of carboxylic acid groups (broad SMARTS) is 1. The second-order valence-corrected chi connectivity index (χ2v) is 4.67.